The standard InChI is InChI=1S/C23H28ClN3O2/c1-17-3-2-4-21(13-17)27-11-9-26(10-12-27)8-7-25-23(28)19-14-18-15-20(24)5-6-22(18)29-16-19/h2-6,13,15,19H,7-12,14,16H2,1H3,(H,25,28). The molecule has 154 valence electrons. The minimum Gasteiger partial charge on any atom is -0.492 e. The number of carbonyl (C=O) groups excluding carboxylic acids is 1. The normalized spacial score (nSPS) is 19.4. The van der Waals surface area contributed by atoms with Crippen molar-refractivity contribution in [2.24, 2.45) is 5.92 Å². The van der Waals surface area contributed by atoms with Gasteiger partial charge in [-0.25, -0.2) is 0 Å². The Labute approximate surface area is 177 Å². The molecule has 1 fully saturated rings. The maximum Gasteiger partial charge on any atom is 0.226 e. The molecule has 2 aliphatic heterocycles. The van der Waals surface area contributed by atoms with Gasteiger partial charge in [0.15, 0.2) is 0 Å². The molecule has 4 rings (SSSR count). The minimum absolute atomic E-state index is 0.0639. The molecule has 2 aliphatic rings. The fourth-order valence-electron chi connectivity index (χ4n) is 4.07. The van der Waals surface area contributed by atoms with Crippen molar-refractivity contribution in [1.29, 1.82) is 0 Å². The molecule has 0 saturated carbocycles. The van der Waals surface area contributed by atoms with Crippen molar-refractivity contribution in [3.8, 4) is 5.75 Å². The number of nitrogens with zero attached hydrogens (tertiary/aromatic N) is 2. The number of hydrogen-bond acceptors (Lipinski definition) is 4. The van der Waals surface area contributed by atoms with Crippen LogP contribution in [-0.4, -0.2) is 56.7 Å². The van der Waals surface area contributed by atoms with Crippen LogP contribution < -0.4 is 15.0 Å². The number of carbonyl (C=O) groups is 1. The summed E-state index contributed by atoms with van der Waals surface area (Å²) in [7, 11) is 0. The Bertz CT molecular complexity index is 865. The summed E-state index contributed by atoms with van der Waals surface area (Å²) in [6.45, 7) is 8.18. The van der Waals surface area contributed by atoms with Gasteiger partial charge in [0.25, 0.3) is 0 Å². The summed E-state index contributed by atoms with van der Waals surface area (Å²) in [5, 5.41) is 3.77. The number of fused-ring (bicyclic) bond motifs is 1. The fourth-order valence-corrected chi connectivity index (χ4v) is 4.26. The van der Waals surface area contributed by atoms with Crippen LogP contribution in [-0.2, 0) is 11.2 Å². The van der Waals surface area contributed by atoms with Crippen molar-refractivity contribution in [3.63, 3.8) is 0 Å². The number of nitrogens with one attached hydrogen (secondary N) is 1. The van der Waals surface area contributed by atoms with Crippen LogP contribution in [0.2, 0.25) is 5.02 Å². The van der Waals surface area contributed by atoms with E-state index in [-0.39, 0.29) is 11.8 Å². The minimum atomic E-state index is -0.154. The summed E-state index contributed by atoms with van der Waals surface area (Å²) in [4.78, 5) is 17.4. The van der Waals surface area contributed by atoms with E-state index < -0.39 is 0 Å². The summed E-state index contributed by atoms with van der Waals surface area (Å²) < 4.78 is 5.74. The number of anilines is 1. The molecule has 1 atom stereocenters. The van der Waals surface area contributed by atoms with Crippen molar-refractivity contribution in [2.75, 3.05) is 50.8 Å². The first-order valence-corrected chi connectivity index (χ1v) is 10.7. The zero-order chi connectivity index (χ0) is 20.2. The van der Waals surface area contributed by atoms with E-state index in [0.29, 0.717) is 24.6 Å². The number of aryl methyl sites for hydroxylation is 1. The largest absolute Gasteiger partial charge is 0.492 e. The first-order valence-electron chi connectivity index (χ1n) is 10.3. The molecule has 0 spiro atoms. The molecule has 1 N–H and O–H groups in total. The lowest BCUT2D eigenvalue weighted by Gasteiger charge is -2.36. The number of rotatable bonds is 5. The zero-order valence-electron chi connectivity index (χ0n) is 16.9. The van der Waals surface area contributed by atoms with Gasteiger partial charge >= 0.3 is 0 Å². The quantitative estimate of drug-likeness (QED) is 0.817. The summed E-state index contributed by atoms with van der Waals surface area (Å²) >= 11 is 6.07. The van der Waals surface area contributed by atoms with Crippen LogP contribution in [0.5, 0.6) is 5.75 Å². The second kappa shape index (κ2) is 9.06. The van der Waals surface area contributed by atoms with E-state index in [1.54, 1.807) is 0 Å². The highest BCUT2D eigenvalue weighted by atomic mass is 35.5. The molecule has 1 amide bonds. The average molecular weight is 414 g/mol. The van der Waals surface area contributed by atoms with Crippen LogP contribution in [0.15, 0.2) is 42.5 Å². The molecule has 0 radical (unpaired) electrons. The molecule has 0 aliphatic carbocycles. The molecule has 0 bridgehead atoms. The third-order valence-corrected chi connectivity index (χ3v) is 6.00. The predicted octanol–water partition coefficient (Wildman–Crippen LogP) is 3.14. The topological polar surface area (TPSA) is 44.8 Å². The molecule has 0 aromatic heterocycles. The van der Waals surface area contributed by atoms with Crippen molar-refractivity contribution in [1.82, 2.24) is 10.2 Å². The highest BCUT2D eigenvalue weighted by molar-refractivity contribution is 6.30. The van der Waals surface area contributed by atoms with Gasteiger partial charge in [0.05, 0.1) is 5.92 Å². The molecule has 2 heterocycles. The lowest BCUT2D eigenvalue weighted by atomic mass is 9.96. The van der Waals surface area contributed by atoms with Gasteiger partial charge < -0.3 is 15.0 Å². The van der Waals surface area contributed by atoms with Crippen LogP contribution in [0.25, 0.3) is 0 Å². The highest BCUT2D eigenvalue weighted by Crippen LogP contribution is 2.29. The molecule has 5 nitrogen and oxygen atoms in total. The van der Waals surface area contributed by atoms with Crippen LogP contribution in [0.1, 0.15) is 11.1 Å². The molecule has 6 heteroatoms. The van der Waals surface area contributed by atoms with Gasteiger partial charge in [-0.3, -0.25) is 9.69 Å². The van der Waals surface area contributed by atoms with E-state index in [1.165, 1.54) is 11.3 Å². The van der Waals surface area contributed by atoms with Gasteiger partial charge in [-0.05, 0) is 54.8 Å². The number of hydrogen-bond donors (Lipinski definition) is 1. The number of benzene rings is 2. The third-order valence-electron chi connectivity index (χ3n) is 5.77. The molecule has 2 aromatic carbocycles. The van der Waals surface area contributed by atoms with E-state index >= 15 is 0 Å². The first kappa shape index (κ1) is 20.0. The lowest BCUT2D eigenvalue weighted by Crippen LogP contribution is -2.49. The summed E-state index contributed by atoms with van der Waals surface area (Å²) in [6, 6.07) is 14.3. The monoisotopic (exact) mass is 413 g/mol. The van der Waals surface area contributed by atoms with Crippen molar-refractivity contribution in [2.45, 2.75) is 13.3 Å². The summed E-state index contributed by atoms with van der Waals surface area (Å²) in [6.07, 6.45) is 0.677. The van der Waals surface area contributed by atoms with Crippen LogP contribution in [0.4, 0.5) is 5.69 Å². The van der Waals surface area contributed by atoms with Gasteiger partial charge in [-0.15, -0.1) is 0 Å². The van der Waals surface area contributed by atoms with Gasteiger partial charge in [0.2, 0.25) is 5.91 Å². The summed E-state index contributed by atoms with van der Waals surface area (Å²) in [5.41, 5.74) is 3.61. The van der Waals surface area contributed by atoms with Crippen molar-refractivity contribution >= 4 is 23.2 Å². The second-order valence-electron chi connectivity index (χ2n) is 7.92. The van der Waals surface area contributed by atoms with E-state index in [4.69, 9.17) is 16.3 Å². The third kappa shape index (κ3) is 5.03. The van der Waals surface area contributed by atoms with Crippen LogP contribution in [0.3, 0.4) is 0 Å². The Kier molecular flexibility index (Phi) is 6.26. The number of halogens is 1. The van der Waals surface area contributed by atoms with Crippen molar-refractivity contribution < 1.29 is 9.53 Å². The molecular weight excluding hydrogens is 386 g/mol. The van der Waals surface area contributed by atoms with Crippen LogP contribution in [0, 0.1) is 12.8 Å². The Morgan fingerprint density at radius 1 is 1.17 bits per heavy atom. The first-order chi connectivity index (χ1) is 14.1. The van der Waals surface area contributed by atoms with Gasteiger partial charge in [-0.2, -0.15) is 0 Å². The molecule has 1 saturated heterocycles. The van der Waals surface area contributed by atoms with Crippen molar-refractivity contribution in [3.05, 3.63) is 58.6 Å². The maximum atomic E-state index is 12.6. The molecular formula is C23H28ClN3O2. The fraction of sp³-hybridized carbons (Fsp3) is 0.435. The number of ether oxygens (including phenoxy) is 1. The molecule has 1 unspecified atom stereocenters. The molecule has 2 aromatic rings. The second-order valence-corrected chi connectivity index (χ2v) is 8.36. The lowest BCUT2D eigenvalue weighted by molar-refractivity contribution is -0.126. The van der Waals surface area contributed by atoms with E-state index in [1.807, 2.05) is 18.2 Å². The average Bonchev–Trinajstić information content (AvgIpc) is 2.73. The van der Waals surface area contributed by atoms with E-state index in [2.05, 4.69) is 46.3 Å². The summed E-state index contributed by atoms with van der Waals surface area (Å²) in [5.74, 6) is 0.748. The Morgan fingerprint density at radius 2 is 2.00 bits per heavy atom. The Balaban J connectivity index is 1.20. The van der Waals surface area contributed by atoms with E-state index in [0.717, 1.165) is 44.0 Å². The highest BCUT2D eigenvalue weighted by Gasteiger charge is 2.26. The van der Waals surface area contributed by atoms with Gasteiger partial charge in [-0.1, -0.05) is 23.7 Å². The SMILES string of the molecule is Cc1cccc(N2CCN(CCNC(=O)C3COc4ccc(Cl)cc4C3)CC2)c1. The molecule has 29 heavy (non-hydrogen) atoms. The number of amides is 1. The van der Waals surface area contributed by atoms with Gasteiger partial charge in [0, 0.05) is 50.0 Å². The zero-order valence-corrected chi connectivity index (χ0v) is 17.6. The van der Waals surface area contributed by atoms with Gasteiger partial charge in [0.1, 0.15) is 12.4 Å². The van der Waals surface area contributed by atoms with E-state index in [9.17, 15) is 4.79 Å². The van der Waals surface area contributed by atoms with Crippen LogP contribution >= 0.6 is 11.6 Å². The Hall–Kier alpha value is -2.24. The maximum absolute atomic E-state index is 12.6. The smallest absolute Gasteiger partial charge is 0.226 e. The number of piperazine rings is 1. The predicted molar refractivity (Wildman–Crippen MR) is 117 cm³/mol. The Morgan fingerprint density at radius 3 is 2.79 bits per heavy atom.